The van der Waals surface area contributed by atoms with Crippen LogP contribution >= 0.6 is 0 Å². The van der Waals surface area contributed by atoms with E-state index in [0.717, 1.165) is 54.2 Å². The molecule has 0 spiro atoms. The summed E-state index contributed by atoms with van der Waals surface area (Å²) < 4.78 is 11.5. The van der Waals surface area contributed by atoms with Crippen LogP contribution in [0.1, 0.15) is 26.3 Å². The highest BCUT2D eigenvalue weighted by Gasteiger charge is 2.26. The number of oxime groups is 1. The molecule has 178 valence electrons. The third-order valence-corrected chi connectivity index (χ3v) is 6.27. The minimum absolute atomic E-state index is 0.105. The number of hydrogen-bond acceptors (Lipinski definition) is 9. The van der Waals surface area contributed by atoms with Gasteiger partial charge in [-0.15, -0.1) is 0 Å². The predicted octanol–water partition coefficient (Wildman–Crippen LogP) is 3.34. The summed E-state index contributed by atoms with van der Waals surface area (Å²) in [6, 6.07) is 11.9. The van der Waals surface area contributed by atoms with Gasteiger partial charge in [0.1, 0.15) is 5.82 Å². The maximum absolute atomic E-state index is 9.17. The Morgan fingerprint density at radius 2 is 1.76 bits per heavy atom. The minimum atomic E-state index is 0.105. The van der Waals surface area contributed by atoms with Crippen molar-refractivity contribution in [3.8, 4) is 11.3 Å². The van der Waals surface area contributed by atoms with Crippen molar-refractivity contribution in [3.05, 3.63) is 42.0 Å². The lowest BCUT2D eigenvalue weighted by Crippen LogP contribution is -2.46. The number of morpholine rings is 2. The first-order chi connectivity index (χ1) is 16.5. The van der Waals surface area contributed by atoms with Gasteiger partial charge in [0.15, 0.2) is 5.65 Å². The Balaban J connectivity index is 1.61. The first-order valence-electron chi connectivity index (χ1n) is 11.7. The standard InChI is InChI=1S/C25H30N6O3/c1-16-14-31(15-17(2)34-16)25-27-23-21(24(28-25)30-9-11-33-12-10-30)7-8-22(26-23)20-6-4-5-19(13-20)18(3)29-32/h4-8,13,16-17,32H,9-12,14-15H2,1-3H3. The molecule has 2 fully saturated rings. The third-order valence-electron chi connectivity index (χ3n) is 6.27. The number of hydrogen-bond donors (Lipinski definition) is 1. The molecular weight excluding hydrogens is 432 g/mol. The van der Waals surface area contributed by atoms with Gasteiger partial charge >= 0.3 is 0 Å². The van der Waals surface area contributed by atoms with Crippen LogP contribution in [0.3, 0.4) is 0 Å². The number of rotatable bonds is 4. The summed E-state index contributed by atoms with van der Waals surface area (Å²) in [5, 5.41) is 13.4. The smallest absolute Gasteiger partial charge is 0.229 e. The summed E-state index contributed by atoms with van der Waals surface area (Å²) in [6.07, 6.45) is 0.210. The second-order valence-corrected chi connectivity index (χ2v) is 8.94. The predicted molar refractivity (Wildman–Crippen MR) is 132 cm³/mol. The van der Waals surface area contributed by atoms with Crippen LogP contribution in [0, 0.1) is 0 Å². The van der Waals surface area contributed by atoms with E-state index in [1.165, 1.54) is 0 Å². The lowest BCUT2D eigenvalue weighted by Gasteiger charge is -2.36. The Morgan fingerprint density at radius 1 is 1.00 bits per heavy atom. The molecule has 2 atom stereocenters. The lowest BCUT2D eigenvalue weighted by molar-refractivity contribution is -0.00570. The molecule has 2 saturated heterocycles. The fourth-order valence-electron chi connectivity index (χ4n) is 4.60. The summed E-state index contributed by atoms with van der Waals surface area (Å²) in [7, 11) is 0. The molecule has 3 aromatic rings. The van der Waals surface area contributed by atoms with E-state index >= 15 is 0 Å². The van der Waals surface area contributed by atoms with Gasteiger partial charge in [-0.05, 0) is 44.5 Å². The molecule has 0 radical (unpaired) electrons. The molecule has 2 aliphatic heterocycles. The van der Waals surface area contributed by atoms with Gasteiger partial charge in [0.25, 0.3) is 0 Å². The van der Waals surface area contributed by atoms with Crippen molar-refractivity contribution < 1.29 is 14.7 Å². The van der Waals surface area contributed by atoms with Crippen molar-refractivity contribution in [3.63, 3.8) is 0 Å². The van der Waals surface area contributed by atoms with Crippen LogP contribution in [0.5, 0.6) is 0 Å². The first-order valence-corrected chi connectivity index (χ1v) is 11.7. The molecule has 1 aromatic carbocycles. The Hall–Kier alpha value is -3.30. The Kier molecular flexibility index (Phi) is 6.30. The van der Waals surface area contributed by atoms with E-state index < -0.39 is 0 Å². The van der Waals surface area contributed by atoms with Crippen LogP contribution < -0.4 is 9.80 Å². The topological polar surface area (TPSA) is 96.2 Å². The second-order valence-electron chi connectivity index (χ2n) is 8.94. The molecule has 9 heteroatoms. The molecule has 0 aliphatic carbocycles. The van der Waals surface area contributed by atoms with Gasteiger partial charge in [-0.2, -0.15) is 9.97 Å². The van der Waals surface area contributed by atoms with Gasteiger partial charge in [-0.25, -0.2) is 4.98 Å². The van der Waals surface area contributed by atoms with Crippen molar-refractivity contribution in [1.29, 1.82) is 0 Å². The molecule has 2 aromatic heterocycles. The summed E-state index contributed by atoms with van der Waals surface area (Å²) in [6.45, 7) is 10.3. The van der Waals surface area contributed by atoms with Crippen molar-refractivity contribution in [2.24, 2.45) is 5.16 Å². The number of anilines is 2. The largest absolute Gasteiger partial charge is 0.411 e. The molecule has 5 rings (SSSR count). The normalized spacial score (nSPS) is 21.8. The first kappa shape index (κ1) is 22.5. The fourth-order valence-corrected chi connectivity index (χ4v) is 4.60. The van der Waals surface area contributed by atoms with E-state index in [0.29, 0.717) is 30.5 Å². The fraction of sp³-hybridized carbons (Fsp3) is 0.440. The minimum Gasteiger partial charge on any atom is -0.411 e. The van der Waals surface area contributed by atoms with E-state index in [1.807, 2.05) is 30.3 Å². The molecular formula is C25H30N6O3. The lowest BCUT2D eigenvalue weighted by atomic mass is 10.0. The Morgan fingerprint density at radius 3 is 2.50 bits per heavy atom. The van der Waals surface area contributed by atoms with Crippen LogP contribution in [0.15, 0.2) is 41.6 Å². The summed E-state index contributed by atoms with van der Waals surface area (Å²) in [5.41, 5.74) is 3.80. The van der Waals surface area contributed by atoms with Gasteiger partial charge in [-0.3, -0.25) is 0 Å². The van der Waals surface area contributed by atoms with Crippen molar-refractivity contribution in [2.45, 2.75) is 33.0 Å². The molecule has 0 saturated carbocycles. The Bertz CT molecular complexity index is 1200. The number of nitrogens with zero attached hydrogens (tertiary/aromatic N) is 6. The highest BCUT2D eigenvalue weighted by molar-refractivity contribution is 5.99. The monoisotopic (exact) mass is 462 g/mol. The van der Waals surface area contributed by atoms with Gasteiger partial charge in [0, 0.05) is 31.7 Å². The van der Waals surface area contributed by atoms with Crippen LogP contribution in [0.25, 0.3) is 22.3 Å². The van der Waals surface area contributed by atoms with E-state index in [2.05, 4.69) is 34.9 Å². The zero-order chi connectivity index (χ0) is 23.7. The number of pyridine rings is 1. The number of ether oxygens (including phenoxy) is 2. The maximum Gasteiger partial charge on any atom is 0.229 e. The second kappa shape index (κ2) is 9.52. The zero-order valence-corrected chi connectivity index (χ0v) is 19.8. The quantitative estimate of drug-likeness (QED) is 0.358. The van der Waals surface area contributed by atoms with Crippen molar-refractivity contribution in [1.82, 2.24) is 15.0 Å². The average molecular weight is 463 g/mol. The summed E-state index contributed by atoms with van der Waals surface area (Å²) in [5.74, 6) is 1.57. The third kappa shape index (κ3) is 4.53. The average Bonchev–Trinajstić information content (AvgIpc) is 2.87. The summed E-state index contributed by atoms with van der Waals surface area (Å²) >= 11 is 0. The molecule has 9 nitrogen and oxygen atoms in total. The number of benzene rings is 1. The van der Waals surface area contributed by atoms with Crippen molar-refractivity contribution in [2.75, 3.05) is 49.2 Å². The van der Waals surface area contributed by atoms with Crippen LogP contribution in [0.4, 0.5) is 11.8 Å². The number of aromatic nitrogens is 3. The molecule has 4 heterocycles. The van der Waals surface area contributed by atoms with Crippen LogP contribution in [0.2, 0.25) is 0 Å². The van der Waals surface area contributed by atoms with Gasteiger partial charge in [0.05, 0.1) is 42.2 Å². The van der Waals surface area contributed by atoms with E-state index in [-0.39, 0.29) is 12.2 Å². The van der Waals surface area contributed by atoms with Crippen molar-refractivity contribution >= 4 is 28.5 Å². The molecule has 0 bridgehead atoms. The molecule has 2 aliphatic rings. The highest BCUT2D eigenvalue weighted by Crippen LogP contribution is 2.30. The molecule has 34 heavy (non-hydrogen) atoms. The van der Waals surface area contributed by atoms with E-state index in [4.69, 9.17) is 29.6 Å². The highest BCUT2D eigenvalue weighted by atomic mass is 16.5. The van der Waals surface area contributed by atoms with Crippen LogP contribution in [-0.4, -0.2) is 77.5 Å². The summed E-state index contributed by atoms with van der Waals surface area (Å²) in [4.78, 5) is 19.3. The van der Waals surface area contributed by atoms with Crippen LogP contribution in [-0.2, 0) is 9.47 Å². The Labute approximate surface area is 199 Å². The van der Waals surface area contributed by atoms with E-state index in [9.17, 15) is 0 Å². The number of fused-ring (bicyclic) bond motifs is 1. The molecule has 2 unspecified atom stereocenters. The molecule has 1 N–H and O–H groups in total. The SMILES string of the molecule is CC(=NO)c1cccc(-c2ccc3c(N4CCOCC4)nc(N4CC(C)OC(C)C4)nc3n2)c1. The zero-order valence-electron chi connectivity index (χ0n) is 19.8. The molecule has 0 amide bonds. The van der Waals surface area contributed by atoms with Gasteiger partial charge in [0.2, 0.25) is 5.95 Å². The van der Waals surface area contributed by atoms with E-state index in [1.54, 1.807) is 6.92 Å². The maximum atomic E-state index is 9.17. The van der Waals surface area contributed by atoms with Gasteiger partial charge in [-0.1, -0.05) is 23.4 Å². The van der Waals surface area contributed by atoms with Gasteiger partial charge < -0.3 is 24.5 Å².